The molecule has 3 rings (SSSR count). The summed E-state index contributed by atoms with van der Waals surface area (Å²) < 4.78 is 15.4. The summed E-state index contributed by atoms with van der Waals surface area (Å²) in [7, 11) is 0. The minimum atomic E-state index is -0.484. The second-order valence-electron chi connectivity index (χ2n) is 9.32. The summed E-state index contributed by atoms with van der Waals surface area (Å²) in [5.74, 6) is -0.869. The summed E-state index contributed by atoms with van der Waals surface area (Å²) in [4.78, 5) is 50.0. The Labute approximate surface area is 229 Å². The second-order valence-corrected chi connectivity index (χ2v) is 9.32. The third-order valence-electron chi connectivity index (χ3n) is 6.49. The second kappa shape index (κ2) is 15.6. The molecule has 0 aliphatic heterocycles. The van der Waals surface area contributed by atoms with Gasteiger partial charge in [0.15, 0.2) is 0 Å². The number of esters is 2. The molecule has 210 valence electrons. The molecule has 1 aliphatic carbocycles. The number of nitrogens with one attached hydrogen (secondary N) is 1. The Bertz CT molecular complexity index is 1090. The van der Waals surface area contributed by atoms with Crippen molar-refractivity contribution < 1.29 is 33.4 Å². The number of ketones is 1. The van der Waals surface area contributed by atoms with Gasteiger partial charge in [0.1, 0.15) is 12.4 Å². The van der Waals surface area contributed by atoms with E-state index < -0.39 is 12.1 Å². The molecule has 0 atom stereocenters. The lowest BCUT2D eigenvalue weighted by Gasteiger charge is -2.20. The lowest BCUT2D eigenvalue weighted by molar-refractivity contribution is -0.147. The van der Waals surface area contributed by atoms with Gasteiger partial charge in [0.2, 0.25) is 0 Å². The summed E-state index contributed by atoms with van der Waals surface area (Å²) in [6.45, 7) is 4.80. The van der Waals surface area contributed by atoms with Crippen molar-refractivity contribution in [3.8, 4) is 11.1 Å². The maximum Gasteiger partial charge on any atom is 0.407 e. The van der Waals surface area contributed by atoms with Crippen LogP contribution in [0, 0.1) is 0 Å². The van der Waals surface area contributed by atoms with Crippen molar-refractivity contribution in [1.29, 1.82) is 0 Å². The van der Waals surface area contributed by atoms with Gasteiger partial charge in [-0.05, 0) is 48.9 Å². The van der Waals surface area contributed by atoms with Gasteiger partial charge in [-0.1, -0.05) is 48.5 Å². The maximum absolute atomic E-state index is 12.5. The number of Topliss-reactive ketones (excluding diaryl/α,β-unsaturated/α-hetero) is 1. The average Bonchev–Trinajstić information content (AvgIpc) is 3.24. The number of hydrogen-bond donors (Lipinski definition) is 1. The largest absolute Gasteiger partial charge is 0.466 e. The fourth-order valence-electron chi connectivity index (χ4n) is 4.70. The fourth-order valence-corrected chi connectivity index (χ4v) is 4.70. The van der Waals surface area contributed by atoms with Gasteiger partial charge in [-0.3, -0.25) is 19.3 Å². The van der Waals surface area contributed by atoms with E-state index in [4.69, 9.17) is 14.2 Å². The minimum Gasteiger partial charge on any atom is -0.466 e. The molecule has 0 fully saturated rings. The van der Waals surface area contributed by atoms with Gasteiger partial charge < -0.3 is 19.5 Å². The molecular weight excluding hydrogens is 500 g/mol. The highest BCUT2D eigenvalue weighted by molar-refractivity contribution is 5.81. The number of ether oxygens (including phenoxy) is 3. The highest BCUT2D eigenvalue weighted by Crippen LogP contribution is 2.44. The van der Waals surface area contributed by atoms with E-state index in [1.807, 2.05) is 24.3 Å². The average molecular weight is 539 g/mol. The molecule has 0 bridgehead atoms. The third-order valence-corrected chi connectivity index (χ3v) is 6.49. The van der Waals surface area contributed by atoms with E-state index in [1.165, 1.54) is 11.1 Å². The van der Waals surface area contributed by atoms with Crippen LogP contribution in [0.2, 0.25) is 0 Å². The molecule has 0 radical (unpaired) electrons. The Morgan fingerprint density at radius 1 is 0.769 bits per heavy atom. The van der Waals surface area contributed by atoms with Gasteiger partial charge in [0, 0.05) is 25.4 Å². The summed E-state index contributed by atoms with van der Waals surface area (Å²) >= 11 is 0. The van der Waals surface area contributed by atoms with Gasteiger partial charge >= 0.3 is 18.0 Å². The number of fused-ring (bicyclic) bond motifs is 3. The molecule has 0 saturated heterocycles. The zero-order valence-electron chi connectivity index (χ0n) is 22.8. The summed E-state index contributed by atoms with van der Waals surface area (Å²) in [5, 5.41) is 2.76. The molecule has 0 aromatic heterocycles. The first-order chi connectivity index (χ1) is 18.9. The topological polar surface area (TPSA) is 111 Å². The fraction of sp³-hybridized carbons (Fsp3) is 0.467. The van der Waals surface area contributed by atoms with E-state index in [2.05, 4.69) is 29.6 Å². The smallest absolute Gasteiger partial charge is 0.407 e. The van der Waals surface area contributed by atoms with E-state index in [-0.39, 0.29) is 63.5 Å². The summed E-state index contributed by atoms with van der Waals surface area (Å²) in [6.07, 6.45) is 1.09. The van der Waals surface area contributed by atoms with E-state index in [9.17, 15) is 19.2 Å². The first kappa shape index (κ1) is 29.8. The number of nitrogens with zero attached hydrogens (tertiary/aromatic N) is 1. The molecule has 1 amide bonds. The number of carbonyl (C=O) groups excluding carboxylic acids is 4. The molecule has 0 spiro atoms. The monoisotopic (exact) mass is 538 g/mol. The van der Waals surface area contributed by atoms with Crippen LogP contribution in [-0.2, 0) is 28.6 Å². The molecule has 0 heterocycles. The SMILES string of the molecule is CCOC(=O)CCN(CC(=O)CCCCNC(=O)OCC1c2ccccc2-c2ccccc21)CC(=O)OCC. The quantitative estimate of drug-likeness (QED) is 0.193. The van der Waals surface area contributed by atoms with Gasteiger partial charge in [-0.15, -0.1) is 0 Å². The molecule has 39 heavy (non-hydrogen) atoms. The van der Waals surface area contributed by atoms with Crippen molar-refractivity contribution in [3.63, 3.8) is 0 Å². The molecular formula is C30H38N2O7. The van der Waals surface area contributed by atoms with Crippen molar-refractivity contribution in [2.45, 2.75) is 45.4 Å². The highest BCUT2D eigenvalue weighted by atomic mass is 16.5. The Balaban J connectivity index is 1.36. The predicted octanol–water partition coefficient (Wildman–Crippen LogP) is 4.08. The van der Waals surface area contributed by atoms with Gasteiger partial charge in [-0.25, -0.2) is 4.79 Å². The number of benzene rings is 2. The lowest BCUT2D eigenvalue weighted by atomic mass is 9.98. The number of amides is 1. The molecule has 2 aromatic rings. The summed E-state index contributed by atoms with van der Waals surface area (Å²) in [5.41, 5.74) is 4.66. The van der Waals surface area contributed by atoms with Crippen molar-refractivity contribution in [2.75, 3.05) is 46.0 Å². The van der Waals surface area contributed by atoms with Crippen LogP contribution in [0.5, 0.6) is 0 Å². The molecule has 9 heteroatoms. The number of unbranched alkanes of at least 4 members (excludes halogenated alkanes) is 1. The van der Waals surface area contributed by atoms with Gasteiger partial charge in [-0.2, -0.15) is 0 Å². The first-order valence-electron chi connectivity index (χ1n) is 13.6. The number of alkyl carbamates (subject to hydrolysis) is 1. The Hall–Kier alpha value is -3.72. The molecule has 0 saturated carbocycles. The van der Waals surface area contributed by atoms with Crippen LogP contribution < -0.4 is 5.32 Å². The van der Waals surface area contributed by atoms with E-state index in [1.54, 1.807) is 18.7 Å². The Morgan fingerprint density at radius 2 is 1.38 bits per heavy atom. The number of rotatable bonds is 16. The van der Waals surface area contributed by atoms with E-state index >= 15 is 0 Å². The van der Waals surface area contributed by atoms with Gasteiger partial charge in [0.25, 0.3) is 0 Å². The van der Waals surface area contributed by atoms with E-state index in [0.717, 1.165) is 11.1 Å². The Morgan fingerprint density at radius 3 is 2.03 bits per heavy atom. The Kier molecular flexibility index (Phi) is 12.0. The highest BCUT2D eigenvalue weighted by Gasteiger charge is 2.29. The van der Waals surface area contributed by atoms with Crippen molar-refractivity contribution in [2.24, 2.45) is 0 Å². The molecule has 1 aliphatic rings. The maximum atomic E-state index is 12.5. The normalized spacial score (nSPS) is 12.0. The molecule has 9 nitrogen and oxygen atoms in total. The van der Waals surface area contributed by atoms with Crippen molar-refractivity contribution in [1.82, 2.24) is 10.2 Å². The zero-order valence-corrected chi connectivity index (χ0v) is 22.8. The minimum absolute atomic E-state index is 0.00199. The lowest BCUT2D eigenvalue weighted by Crippen LogP contribution is -2.37. The molecule has 0 unspecified atom stereocenters. The van der Waals surface area contributed by atoms with Crippen molar-refractivity contribution in [3.05, 3.63) is 59.7 Å². The van der Waals surface area contributed by atoms with Crippen LogP contribution in [0.1, 0.15) is 56.6 Å². The predicted molar refractivity (Wildman–Crippen MR) is 146 cm³/mol. The zero-order chi connectivity index (χ0) is 28.0. The standard InChI is InChI=1S/C30H38N2O7/c1-3-37-28(34)16-18-32(20-29(35)38-4-2)19-22(33)11-9-10-17-31-30(36)39-21-27-25-14-7-5-12-23(25)24-13-6-8-15-26(24)27/h5-8,12-15,27H,3-4,9-11,16-21H2,1-2H3,(H,31,36). The van der Waals surface area contributed by atoms with Crippen LogP contribution in [0.15, 0.2) is 48.5 Å². The van der Waals surface area contributed by atoms with Crippen LogP contribution in [0.25, 0.3) is 11.1 Å². The van der Waals surface area contributed by atoms with Gasteiger partial charge in [0.05, 0.1) is 32.7 Å². The number of carbonyl (C=O) groups is 4. The molecule has 2 aromatic carbocycles. The van der Waals surface area contributed by atoms with Crippen LogP contribution in [0.3, 0.4) is 0 Å². The van der Waals surface area contributed by atoms with Crippen molar-refractivity contribution >= 4 is 23.8 Å². The van der Waals surface area contributed by atoms with Crippen LogP contribution in [-0.4, -0.2) is 74.7 Å². The third kappa shape index (κ3) is 9.21. The van der Waals surface area contributed by atoms with Crippen LogP contribution >= 0.6 is 0 Å². The summed E-state index contributed by atoms with van der Waals surface area (Å²) in [6, 6.07) is 16.3. The van der Waals surface area contributed by atoms with Crippen LogP contribution in [0.4, 0.5) is 4.79 Å². The van der Waals surface area contributed by atoms with E-state index in [0.29, 0.717) is 25.8 Å². The number of hydrogen-bond acceptors (Lipinski definition) is 8. The molecule has 1 N–H and O–H groups in total. The first-order valence-corrected chi connectivity index (χ1v) is 13.6.